The zero-order valence-electron chi connectivity index (χ0n) is 10.4. The van der Waals surface area contributed by atoms with Crippen LogP contribution in [0.1, 0.15) is 12.1 Å². The van der Waals surface area contributed by atoms with Crippen molar-refractivity contribution in [2.45, 2.75) is 6.42 Å². The molecule has 0 fully saturated rings. The highest BCUT2D eigenvalue weighted by Crippen LogP contribution is 2.11. The molecule has 0 atom stereocenters. The Bertz CT molecular complexity index is 374. The zero-order chi connectivity index (χ0) is 13.2. The number of nitrogens with zero attached hydrogens (tertiary/aromatic N) is 1. The van der Waals surface area contributed by atoms with Crippen molar-refractivity contribution in [2.75, 3.05) is 33.5 Å². The number of hydrogen-bond acceptors (Lipinski definition) is 5. The number of nitrogens with two attached hydrogens (primary N) is 1. The van der Waals surface area contributed by atoms with E-state index in [2.05, 4.69) is 4.98 Å². The molecule has 5 nitrogen and oxygen atoms in total. The molecule has 0 bridgehead atoms. The van der Waals surface area contributed by atoms with Gasteiger partial charge in [0.1, 0.15) is 16.4 Å². The molecule has 100 valence electrons. The van der Waals surface area contributed by atoms with Gasteiger partial charge in [-0.1, -0.05) is 12.2 Å². The minimum atomic E-state index is 0.267. The van der Waals surface area contributed by atoms with Crippen LogP contribution in [-0.4, -0.2) is 43.5 Å². The van der Waals surface area contributed by atoms with Crippen LogP contribution in [0, 0.1) is 0 Å². The van der Waals surface area contributed by atoms with Crippen molar-refractivity contribution in [3.63, 3.8) is 0 Å². The molecule has 1 heterocycles. The minimum absolute atomic E-state index is 0.267. The number of aromatic nitrogens is 1. The number of pyridine rings is 1. The summed E-state index contributed by atoms with van der Waals surface area (Å²) in [6.45, 7) is 2.45. The maximum Gasteiger partial charge on any atom is 0.123 e. The Morgan fingerprint density at radius 1 is 1.33 bits per heavy atom. The molecule has 0 radical (unpaired) electrons. The second-order valence-corrected chi connectivity index (χ2v) is 3.99. The van der Waals surface area contributed by atoms with Crippen molar-refractivity contribution in [3.8, 4) is 5.75 Å². The molecule has 2 N–H and O–H groups in total. The van der Waals surface area contributed by atoms with Crippen LogP contribution in [0.2, 0.25) is 0 Å². The van der Waals surface area contributed by atoms with Crippen LogP contribution in [0.25, 0.3) is 0 Å². The zero-order valence-corrected chi connectivity index (χ0v) is 11.2. The van der Waals surface area contributed by atoms with E-state index in [-0.39, 0.29) is 4.99 Å². The largest absolute Gasteiger partial charge is 0.493 e. The van der Waals surface area contributed by atoms with Crippen molar-refractivity contribution >= 4 is 17.2 Å². The van der Waals surface area contributed by atoms with Crippen LogP contribution >= 0.6 is 12.2 Å². The van der Waals surface area contributed by atoms with E-state index in [0.717, 1.165) is 6.42 Å². The number of rotatable bonds is 9. The van der Waals surface area contributed by atoms with Gasteiger partial charge >= 0.3 is 0 Å². The average molecular weight is 270 g/mol. The van der Waals surface area contributed by atoms with Crippen LogP contribution in [0.5, 0.6) is 5.75 Å². The first-order valence-electron chi connectivity index (χ1n) is 5.69. The summed E-state index contributed by atoms with van der Waals surface area (Å²) in [5.41, 5.74) is 6.06. The van der Waals surface area contributed by atoms with E-state index >= 15 is 0 Å². The highest BCUT2D eigenvalue weighted by molar-refractivity contribution is 7.80. The van der Waals surface area contributed by atoms with Crippen LogP contribution in [-0.2, 0) is 9.47 Å². The topological polar surface area (TPSA) is 66.6 Å². The third-order valence-corrected chi connectivity index (χ3v) is 2.33. The van der Waals surface area contributed by atoms with E-state index < -0.39 is 0 Å². The van der Waals surface area contributed by atoms with Crippen LogP contribution in [0.15, 0.2) is 18.3 Å². The molecule has 1 rings (SSSR count). The minimum Gasteiger partial charge on any atom is -0.493 e. The molecule has 0 saturated carbocycles. The van der Waals surface area contributed by atoms with E-state index in [4.69, 9.17) is 32.2 Å². The number of methoxy groups -OCH3 is 1. The predicted molar refractivity (Wildman–Crippen MR) is 72.9 cm³/mol. The monoisotopic (exact) mass is 270 g/mol. The Balaban J connectivity index is 2.19. The van der Waals surface area contributed by atoms with Gasteiger partial charge in [-0.15, -0.1) is 0 Å². The molecule has 6 heteroatoms. The van der Waals surface area contributed by atoms with E-state index in [1.807, 2.05) is 0 Å². The first-order chi connectivity index (χ1) is 8.74. The van der Waals surface area contributed by atoms with E-state index in [0.29, 0.717) is 37.9 Å². The fourth-order valence-corrected chi connectivity index (χ4v) is 1.34. The molecule has 0 aliphatic heterocycles. The molecule has 0 amide bonds. The number of thiocarbonyl (C=S) groups is 1. The van der Waals surface area contributed by atoms with Gasteiger partial charge in [0.15, 0.2) is 0 Å². The summed E-state index contributed by atoms with van der Waals surface area (Å²) in [6.07, 6.45) is 2.44. The van der Waals surface area contributed by atoms with Gasteiger partial charge in [-0.05, 0) is 6.07 Å². The Kier molecular flexibility index (Phi) is 7.24. The highest BCUT2D eigenvalue weighted by atomic mass is 32.1. The molecular weight excluding hydrogens is 252 g/mol. The molecule has 1 aromatic heterocycles. The maximum atomic E-state index is 5.54. The summed E-state index contributed by atoms with van der Waals surface area (Å²) in [5.74, 6) is 0.713. The molecule has 0 spiro atoms. The first-order valence-corrected chi connectivity index (χ1v) is 6.10. The van der Waals surface area contributed by atoms with Crippen molar-refractivity contribution in [1.82, 2.24) is 4.98 Å². The Hall–Kier alpha value is -1.24. The lowest BCUT2D eigenvalue weighted by Crippen LogP contribution is -2.12. The third-order valence-electron chi connectivity index (χ3n) is 2.12. The first kappa shape index (κ1) is 14.8. The third kappa shape index (κ3) is 5.90. The van der Waals surface area contributed by atoms with Crippen LogP contribution < -0.4 is 10.5 Å². The van der Waals surface area contributed by atoms with Gasteiger partial charge in [-0.25, -0.2) is 0 Å². The van der Waals surface area contributed by atoms with Crippen molar-refractivity contribution in [3.05, 3.63) is 24.0 Å². The Morgan fingerprint density at radius 3 is 2.89 bits per heavy atom. The van der Waals surface area contributed by atoms with Gasteiger partial charge in [0.25, 0.3) is 0 Å². The van der Waals surface area contributed by atoms with E-state index in [9.17, 15) is 0 Å². The Labute approximate surface area is 112 Å². The molecule has 0 unspecified atom stereocenters. The van der Waals surface area contributed by atoms with Crippen molar-refractivity contribution in [2.24, 2.45) is 5.73 Å². The summed E-state index contributed by atoms with van der Waals surface area (Å²) in [6, 6.07) is 3.50. The fraction of sp³-hybridized carbons (Fsp3) is 0.500. The normalized spacial score (nSPS) is 10.3. The standard InChI is InChI=1S/C12H18N2O3S/c1-15-7-8-16-5-2-6-17-10-3-4-14-11(9-10)12(13)18/h3-4,9H,2,5-8H2,1H3,(H2,13,18). The van der Waals surface area contributed by atoms with E-state index in [1.54, 1.807) is 25.4 Å². The molecule has 0 aliphatic rings. The molecule has 0 saturated heterocycles. The summed E-state index contributed by atoms with van der Waals surface area (Å²) in [4.78, 5) is 4.30. The quantitative estimate of drug-likeness (QED) is 0.536. The van der Waals surface area contributed by atoms with Crippen molar-refractivity contribution < 1.29 is 14.2 Å². The lowest BCUT2D eigenvalue weighted by atomic mass is 10.3. The van der Waals surface area contributed by atoms with Gasteiger partial charge in [0, 0.05) is 32.4 Å². The lowest BCUT2D eigenvalue weighted by molar-refractivity contribution is 0.0644. The Morgan fingerprint density at radius 2 is 2.17 bits per heavy atom. The van der Waals surface area contributed by atoms with Gasteiger partial charge in [0.05, 0.1) is 19.8 Å². The van der Waals surface area contributed by atoms with Crippen LogP contribution in [0.4, 0.5) is 0 Å². The lowest BCUT2D eigenvalue weighted by Gasteiger charge is -2.07. The predicted octanol–water partition coefficient (Wildman–Crippen LogP) is 1.15. The molecular formula is C12H18N2O3S. The van der Waals surface area contributed by atoms with Crippen LogP contribution in [0.3, 0.4) is 0 Å². The maximum absolute atomic E-state index is 5.54. The highest BCUT2D eigenvalue weighted by Gasteiger charge is 2.00. The van der Waals surface area contributed by atoms with Gasteiger partial charge in [-0.3, -0.25) is 4.98 Å². The molecule has 1 aromatic rings. The summed E-state index contributed by atoms with van der Waals surface area (Å²) in [7, 11) is 1.65. The SMILES string of the molecule is COCCOCCCOc1ccnc(C(N)=S)c1. The summed E-state index contributed by atoms with van der Waals surface area (Å²) < 4.78 is 15.7. The van der Waals surface area contributed by atoms with Gasteiger partial charge < -0.3 is 19.9 Å². The van der Waals surface area contributed by atoms with Gasteiger partial charge in [0.2, 0.25) is 0 Å². The molecule has 18 heavy (non-hydrogen) atoms. The number of ether oxygens (including phenoxy) is 3. The second-order valence-electron chi connectivity index (χ2n) is 3.55. The fourth-order valence-electron chi connectivity index (χ4n) is 1.23. The summed E-state index contributed by atoms with van der Waals surface area (Å²) in [5, 5.41) is 0. The average Bonchev–Trinajstić information content (AvgIpc) is 2.38. The second kappa shape index (κ2) is 8.79. The number of hydrogen-bond donors (Lipinski definition) is 1. The van der Waals surface area contributed by atoms with E-state index in [1.165, 1.54) is 0 Å². The van der Waals surface area contributed by atoms with Crippen molar-refractivity contribution in [1.29, 1.82) is 0 Å². The smallest absolute Gasteiger partial charge is 0.123 e. The van der Waals surface area contributed by atoms with Gasteiger partial charge in [-0.2, -0.15) is 0 Å². The summed E-state index contributed by atoms with van der Waals surface area (Å²) >= 11 is 4.84. The molecule has 0 aromatic carbocycles. The molecule has 0 aliphatic carbocycles.